The Labute approximate surface area is 91.5 Å². The average Bonchev–Trinajstić information content (AvgIpc) is 2.24. The van der Waals surface area contributed by atoms with Crippen LogP contribution >= 0.6 is 0 Å². The fourth-order valence-electron chi connectivity index (χ4n) is 1.39. The van der Waals surface area contributed by atoms with Gasteiger partial charge < -0.3 is 10.6 Å². The van der Waals surface area contributed by atoms with Crippen molar-refractivity contribution >= 4 is 11.4 Å². The monoisotopic (exact) mass is 208 g/mol. The molecule has 0 saturated carbocycles. The molecule has 0 aliphatic rings. The van der Waals surface area contributed by atoms with Crippen LogP contribution in [0.1, 0.15) is 26.7 Å². The lowest BCUT2D eigenvalue weighted by Gasteiger charge is -2.10. The Balaban J connectivity index is 2.36. The molecule has 1 aromatic heterocycles. The van der Waals surface area contributed by atoms with Gasteiger partial charge in [0.25, 0.3) is 0 Å². The van der Waals surface area contributed by atoms with Crippen LogP contribution in [0.25, 0.3) is 0 Å². The smallest absolute Gasteiger partial charge is 0.0797 e. The molecule has 0 atom stereocenters. The molecule has 4 nitrogen and oxygen atoms in total. The van der Waals surface area contributed by atoms with Crippen LogP contribution in [0.2, 0.25) is 0 Å². The van der Waals surface area contributed by atoms with E-state index in [1.165, 1.54) is 12.8 Å². The maximum absolute atomic E-state index is 3.85. The first-order chi connectivity index (χ1) is 7.24. The van der Waals surface area contributed by atoms with Gasteiger partial charge in [0.1, 0.15) is 0 Å². The molecule has 1 aromatic rings. The highest BCUT2D eigenvalue weighted by atomic mass is 15.1. The van der Waals surface area contributed by atoms with Gasteiger partial charge in [-0.1, -0.05) is 13.8 Å². The lowest BCUT2D eigenvalue weighted by Crippen LogP contribution is -2.06. The quantitative estimate of drug-likeness (QED) is 0.705. The van der Waals surface area contributed by atoms with Crippen molar-refractivity contribution in [1.82, 2.24) is 10.2 Å². The second-order valence-corrected chi connectivity index (χ2v) is 4.03. The molecule has 1 heterocycles. The summed E-state index contributed by atoms with van der Waals surface area (Å²) in [7, 11) is 1.89. The maximum Gasteiger partial charge on any atom is 0.0797 e. The van der Waals surface area contributed by atoms with Gasteiger partial charge in [0.2, 0.25) is 0 Å². The van der Waals surface area contributed by atoms with Crippen molar-refractivity contribution in [3.8, 4) is 0 Å². The molecule has 15 heavy (non-hydrogen) atoms. The normalized spacial score (nSPS) is 10.4. The van der Waals surface area contributed by atoms with Crippen molar-refractivity contribution in [2.24, 2.45) is 5.92 Å². The predicted molar refractivity (Wildman–Crippen MR) is 64.1 cm³/mol. The van der Waals surface area contributed by atoms with Gasteiger partial charge in [0.15, 0.2) is 0 Å². The maximum atomic E-state index is 3.85. The minimum atomic E-state index is 0.770. The van der Waals surface area contributed by atoms with E-state index in [9.17, 15) is 0 Å². The van der Waals surface area contributed by atoms with E-state index in [1.807, 2.05) is 7.05 Å². The number of rotatable bonds is 6. The minimum Gasteiger partial charge on any atom is -0.385 e. The van der Waals surface area contributed by atoms with Crippen molar-refractivity contribution in [1.29, 1.82) is 0 Å². The predicted octanol–water partition coefficient (Wildman–Crippen LogP) is 2.37. The van der Waals surface area contributed by atoms with Crippen molar-refractivity contribution < 1.29 is 0 Å². The molecule has 0 amide bonds. The van der Waals surface area contributed by atoms with E-state index >= 15 is 0 Å². The van der Waals surface area contributed by atoms with E-state index in [4.69, 9.17) is 0 Å². The Morgan fingerprint density at radius 2 is 1.87 bits per heavy atom. The van der Waals surface area contributed by atoms with Crippen LogP contribution in [0, 0.1) is 5.92 Å². The second kappa shape index (κ2) is 6.22. The zero-order valence-electron chi connectivity index (χ0n) is 9.75. The first-order valence-corrected chi connectivity index (χ1v) is 5.46. The van der Waals surface area contributed by atoms with Gasteiger partial charge >= 0.3 is 0 Å². The van der Waals surface area contributed by atoms with Gasteiger partial charge in [0.05, 0.1) is 23.8 Å². The zero-order valence-corrected chi connectivity index (χ0v) is 9.75. The SMILES string of the molecule is CNc1cnncc1NCCCC(C)C. The molecule has 4 heteroatoms. The van der Waals surface area contributed by atoms with Gasteiger partial charge in [-0.25, -0.2) is 0 Å². The van der Waals surface area contributed by atoms with Crippen LogP contribution < -0.4 is 10.6 Å². The summed E-state index contributed by atoms with van der Waals surface area (Å²) in [5.41, 5.74) is 2.02. The van der Waals surface area contributed by atoms with Gasteiger partial charge in [0, 0.05) is 13.6 Å². The molecule has 0 unspecified atom stereocenters. The van der Waals surface area contributed by atoms with E-state index in [0.717, 1.165) is 23.8 Å². The van der Waals surface area contributed by atoms with Gasteiger partial charge in [-0.05, 0) is 18.8 Å². The second-order valence-electron chi connectivity index (χ2n) is 4.03. The number of anilines is 2. The summed E-state index contributed by atoms with van der Waals surface area (Å²) in [6.45, 7) is 5.47. The highest BCUT2D eigenvalue weighted by Gasteiger charge is 2.00. The number of hydrogen-bond donors (Lipinski definition) is 2. The van der Waals surface area contributed by atoms with Crippen LogP contribution in [0.5, 0.6) is 0 Å². The highest BCUT2D eigenvalue weighted by Crippen LogP contribution is 2.17. The molecule has 0 aromatic carbocycles. The topological polar surface area (TPSA) is 49.8 Å². The summed E-state index contributed by atoms with van der Waals surface area (Å²) in [5, 5.41) is 14.1. The zero-order chi connectivity index (χ0) is 11.1. The Kier molecular flexibility index (Phi) is 4.87. The third kappa shape index (κ3) is 4.14. The summed E-state index contributed by atoms with van der Waals surface area (Å²) in [6, 6.07) is 0. The largest absolute Gasteiger partial charge is 0.385 e. The minimum absolute atomic E-state index is 0.770. The number of nitrogens with zero attached hydrogens (tertiary/aromatic N) is 2. The molecular weight excluding hydrogens is 188 g/mol. The summed E-state index contributed by atoms with van der Waals surface area (Å²) in [5.74, 6) is 0.770. The fraction of sp³-hybridized carbons (Fsp3) is 0.636. The summed E-state index contributed by atoms with van der Waals surface area (Å²) < 4.78 is 0. The molecular formula is C11H20N4. The molecule has 0 aliphatic carbocycles. The van der Waals surface area contributed by atoms with E-state index in [2.05, 4.69) is 34.7 Å². The number of nitrogens with one attached hydrogen (secondary N) is 2. The standard InChI is InChI=1S/C11H20N4/c1-9(2)5-4-6-13-11-8-15-14-7-10(11)12-3/h7-9H,4-6H2,1-3H3,(H,12,15)(H,13,14). The van der Waals surface area contributed by atoms with E-state index in [0.29, 0.717) is 0 Å². The summed E-state index contributed by atoms with van der Waals surface area (Å²) >= 11 is 0. The fourth-order valence-corrected chi connectivity index (χ4v) is 1.39. The Morgan fingerprint density at radius 3 is 2.47 bits per heavy atom. The Morgan fingerprint density at radius 1 is 1.20 bits per heavy atom. The van der Waals surface area contributed by atoms with E-state index < -0.39 is 0 Å². The summed E-state index contributed by atoms with van der Waals surface area (Å²) in [4.78, 5) is 0. The van der Waals surface area contributed by atoms with Gasteiger partial charge in [-0.15, -0.1) is 0 Å². The Bertz CT molecular complexity index is 286. The number of aromatic nitrogens is 2. The van der Waals surface area contributed by atoms with E-state index in [-0.39, 0.29) is 0 Å². The van der Waals surface area contributed by atoms with Crippen LogP contribution in [-0.4, -0.2) is 23.8 Å². The first-order valence-electron chi connectivity index (χ1n) is 5.46. The van der Waals surface area contributed by atoms with Crippen LogP contribution in [0.15, 0.2) is 12.4 Å². The van der Waals surface area contributed by atoms with Crippen LogP contribution in [0.4, 0.5) is 11.4 Å². The first kappa shape index (κ1) is 11.8. The van der Waals surface area contributed by atoms with Gasteiger partial charge in [-0.3, -0.25) is 0 Å². The molecule has 0 bridgehead atoms. The third-order valence-corrected chi connectivity index (χ3v) is 2.27. The third-order valence-electron chi connectivity index (χ3n) is 2.27. The van der Waals surface area contributed by atoms with Crippen molar-refractivity contribution in [2.45, 2.75) is 26.7 Å². The van der Waals surface area contributed by atoms with Crippen molar-refractivity contribution in [3.05, 3.63) is 12.4 Å². The average molecular weight is 208 g/mol. The molecule has 0 spiro atoms. The molecule has 0 fully saturated rings. The highest BCUT2D eigenvalue weighted by molar-refractivity contribution is 5.65. The lowest BCUT2D eigenvalue weighted by atomic mass is 10.1. The van der Waals surface area contributed by atoms with E-state index in [1.54, 1.807) is 12.4 Å². The van der Waals surface area contributed by atoms with Crippen molar-refractivity contribution in [3.63, 3.8) is 0 Å². The molecule has 2 N–H and O–H groups in total. The molecule has 0 radical (unpaired) electrons. The molecule has 0 aliphatic heterocycles. The Hall–Kier alpha value is -1.32. The number of hydrogen-bond acceptors (Lipinski definition) is 4. The van der Waals surface area contributed by atoms with Crippen molar-refractivity contribution in [2.75, 3.05) is 24.2 Å². The summed E-state index contributed by atoms with van der Waals surface area (Å²) in [6.07, 6.45) is 5.91. The van der Waals surface area contributed by atoms with Crippen LogP contribution in [-0.2, 0) is 0 Å². The molecule has 84 valence electrons. The van der Waals surface area contributed by atoms with Gasteiger partial charge in [-0.2, -0.15) is 10.2 Å². The molecule has 1 rings (SSSR count). The molecule has 0 saturated heterocycles. The lowest BCUT2D eigenvalue weighted by molar-refractivity contribution is 0.567. The van der Waals surface area contributed by atoms with Crippen LogP contribution in [0.3, 0.4) is 0 Å².